The first-order valence-electron chi connectivity index (χ1n) is 9.47. The van der Waals surface area contributed by atoms with E-state index in [4.69, 9.17) is 4.74 Å². The lowest BCUT2D eigenvalue weighted by Crippen LogP contribution is -2.44. The van der Waals surface area contributed by atoms with Crippen LogP contribution in [0, 0.1) is 13.8 Å². The van der Waals surface area contributed by atoms with Gasteiger partial charge in [-0.05, 0) is 32.8 Å². The summed E-state index contributed by atoms with van der Waals surface area (Å²) < 4.78 is 6.04. The van der Waals surface area contributed by atoms with Crippen LogP contribution in [0.1, 0.15) is 34.8 Å². The van der Waals surface area contributed by atoms with Gasteiger partial charge in [0.05, 0.1) is 12.2 Å². The zero-order valence-corrected chi connectivity index (χ0v) is 16.1. The fourth-order valence-electron chi connectivity index (χ4n) is 3.49. The Morgan fingerprint density at radius 2 is 2.00 bits per heavy atom. The molecule has 1 atom stereocenters. The van der Waals surface area contributed by atoms with Gasteiger partial charge in [0.15, 0.2) is 0 Å². The predicted molar refractivity (Wildman–Crippen MR) is 105 cm³/mol. The van der Waals surface area contributed by atoms with E-state index in [0.717, 1.165) is 29.8 Å². The molecule has 0 spiro atoms. The Morgan fingerprint density at radius 3 is 2.79 bits per heavy atom. The van der Waals surface area contributed by atoms with Gasteiger partial charge in [-0.3, -0.25) is 9.89 Å². The number of carbonyl (C=O) groups is 1. The van der Waals surface area contributed by atoms with E-state index in [9.17, 15) is 4.79 Å². The fraction of sp³-hybridized carbons (Fsp3) is 0.333. The molecule has 1 aromatic carbocycles. The molecule has 2 aromatic heterocycles. The van der Waals surface area contributed by atoms with Crippen LogP contribution in [0.4, 0.5) is 0 Å². The number of aromatic amines is 1. The van der Waals surface area contributed by atoms with Gasteiger partial charge in [0.1, 0.15) is 17.6 Å². The van der Waals surface area contributed by atoms with Crippen LogP contribution >= 0.6 is 0 Å². The second kappa shape index (κ2) is 7.80. The molecule has 7 heteroatoms. The monoisotopic (exact) mass is 377 g/mol. The third-order valence-corrected chi connectivity index (χ3v) is 4.77. The van der Waals surface area contributed by atoms with Crippen molar-refractivity contribution >= 4 is 5.91 Å². The lowest BCUT2D eigenvalue weighted by molar-refractivity contribution is 0.0521. The maximum Gasteiger partial charge on any atom is 0.272 e. The average Bonchev–Trinajstić information content (AvgIpc) is 3.18. The molecule has 1 N–H and O–H groups in total. The van der Waals surface area contributed by atoms with E-state index in [0.29, 0.717) is 30.5 Å². The Bertz CT molecular complexity index is 950. The highest BCUT2D eigenvalue weighted by atomic mass is 16.5. The van der Waals surface area contributed by atoms with Gasteiger partial charge in [-0.25, -0.2) is 4.98 Å². The number of carbonyl (C=O) groups excluding carboxylic acids is 1. The van der Waals surface area contributed by atoms with Gasteiger partial charge in [0, 0.05) is 23.9 Å². The Morgan fingerprint density at radius 1 is 1.18 bits per heavy atom. The summed E-state index contributed by atoms with van der Waals surface area (Å²) in [6, 6.07) is 13.4. The molecule has 1 aliphatic heterocycles. The molecule has 1 aliphatic rings. The Labute approximate surface area is 163 Å². The zero-order valence-electron chi connectivity index (χ0n) is 16.1. The molecule has 7 nitrogen and oxygen atoms in total. The largest absolute Gasteiger partial charge is 0.472 e. The van der Waals surface area contributed by atoms with Crippen molar-refractivity contribution in [1.82, 2.24) is 25.1 Å². The standard InChI is InChI=1S/C21H23N5O2/c1-14-11-20(23-15(2)22-14)28-17-9-6-10-26(13-17)21(27)19-12-18(24-25-19)16-7-4-3-5-8-16/h3-5,7-8,11-12,17H,6,9-10,13H2,1-2H3,(H,24,25). The second-order valence-corrected chi connectivity index (χ2v) is 7.06. The summed E-state index contributed by atoms with van der Waals surface area (Å²) in [4.78, 5) is 23.4. The van der Waals surface area contributed by atoms with Crippen LogP contribution in [-0.4, -0.2) is 50.2 Å². The first-order valence-corrected chi connectivity index (χ1v) is 9.47. The maximum atomic E-state index is 12.9. The van der Waals surface area contributed by atoms with Crippen LogP contribution in [0.15, 0.2) is 42.5 Å². The quantitative estimate of drug-likeness (QED) is 0.755. The van der Waals surface area contributed by atoms with E-state index in [1.165, 1.54) is 0 Å². The van der Waals surface area contributed by atoms with Crippen LogP contribution in [0.5, 0.6) is 5.88 Å². The Hall–Kier alpha value is -3.22. The van der Waals surface area contributed by atoms with Crippen molar-refractivity contribution in [3.05, 3.63) is 59.7 Å². The van der Waals surface area contributed by atoms with Crippen molar-refractivity contribution < 1.29 is 9.53 Å². The number of aromatic nitrogens is 4. The van der Waals surface area contributed by atoms with Crippen molar-refractivity contribution in [1.29, 1.82) is 0 Å². The first-order chi connectivity index (χ1) is 13.6. The molecular formula is C21H23N5O2. The van der Waals surface area contributed by atoms with Gasteiger partial charge in [0.25, 0.3) is 5.91 Å². The van der Waals surface area contributed by atoms with Crippen molar-refractivity contribution in [2.45, 2.75) is 32.8 Å². The molecule has 0 bridgehead atoms. The molecular weight excluding hydrogens is 354 g/mol. The smallest absolute Gasteiger partial charge is 0.272 e. The highest BCUT2D eigenvalue weighted by Crippen LogP contribution is 2.21. The van der Waals surface area contributed by atoms with Crippen LogP contribution in [-0.2, 0) is 0 Å². The summed E-state index contributed by atoms with van der Waals surface area (Å²) in [5, 5.41) is 7.17. The first kappa shape index (κ1) is 18.2. The third-order valence-electron chi connectivity index (χ3n) is 4.77. The van der Waals surface area contributed by atoms with Gasteiger partial charge in [-0.1, -0.05) is 30.3 Å². The van der Waals surface area contributed by atoms with Crippen molar-refractivity contribution in [2.24, 2.45) is 0 Å². The number of rotatable bonds is 4. The summed E-state index contributed by atoms with van der Waals surface area (Å²) in [5.74, 6) is 1.19. The molecule has 144 valence electrons. The fourth-order valence-corrected chi connectivity index (χ4v) is 3.49. The van der Waals surface area contributed by atoms with E-state index in [1.54, 1.807) is 6.07 Å². The van der Waals surface area contributed by atoms with E-state index < -0.39 is 0 Å². The summed E-state index contributed by atoms with van der Waals surface area (Å²) in [5.41, 5.74) is 3.11. The van der Waals surface area contributed by atoms with Crippen LogP contribution in [0.25, 0.3) is 11.3 Å². The molecule has 0 radical (unpaired) electrons. The van der Waals surface area contributed by atoms with Crippen molar-refractivity contribution in [3.8, 4) is 17.1 Å². The molecule has 0 aliphatic carbocycles. The normalized spacial score (nSPS) is 16.8. The zero-order chi connectivity index (χ0) is 19.5. The van der Waals surface area contributed by atoms with Gasteiger partial charge in [-0.2, -0.15) is 10.1 Å². The Kier molecular flexibility index (Phi) is 5.06. The minimum atomic E-state index is -0.0806. The number of hydrogen-bond donors (Lipinski definition) is 1. The number of aryl methyl sites for hydroxylation is 2. The SMILES string of the molecule is Cc1cc(OC2CCCN(C(=O)c3cc(-c4ccccc4)n[nH]3)C2)nc(C)n1. The van der Waals surface area contributed by atoms with Crippen molar-refractivity contribution in [2.75, 3.05) is 13.1 Å². The summed E-state index contributed by atoms with van der Waals surface area (Å²) in [6.45, 7) is 5.00. The number of benzene rings is 1. The average molecular weight is 377 g/mol. The predicted octanol–water partition coefficient (Wildman–Crippen LogP) is 3.17. The molecule has 1 fully saturated rings. The number of nitrogens with one attached hydrogen (secondary N) is 1. The molecule has 1 saturated heterocycles. The number of amides is 1. The topological polar surface area (TPSA) is 84.0 Å². The Balaban J connectivity index is 1.44. The highest BCUT2D eigenvalue weighted by Gasteiger charge is 2.27. The molecule has 3 aromatic rings. The minimum absolute atomic E-state index is 0.0574. The van der Waals surface area contributed by atoms with Gasteiger partial charge in [-0.15, -0.1) is 0 Å². The van der Waals surface area contributed by atoms with E-state index in [2.05, 4.69) is 20.2 Å². The molecule has 1 amide bonds. The number of H-pyrrole nitrogens is 1. The van der Waals surface area contributed by atoms with E-state index >= 15 is 0 Å². The number of likely N-dealkylation sites (tertiary alicyclic amines) is 1. The molecule has 4 rings (SSSR count). The minimum Gasteiger partial charge on any atom is -0.472 e. The van der Waals surface area contributed by atoms with E-state index in [-0.39, 0.29) is 12.0 Å². The van der Waals surface area contributed by atoms with Crippen LogP contribution < -0.4 is 4.74 Å². The number of ether oxygens (including phenoxy) is 1. The molecule has 1 unspecified atom stereocenters. The summed E-state index contributed by atoms with van der Waals surface area (Å²) in [6.07, 6.45) is 1.70. The molecule has 28 heavy (non-hydrogen) atoms. The third kappa shape index (κ3) is 4.03. The number of nitrogens with zero attached hydrogens (tertiary/aromatic N) is 4. The van der Waals surface area contributed by atoms with E-state index in [1.807, 2.05) is 55.1 Å². The van der Waals surface area contributed by atoms with Crippen LogP contribution in [0.3, 0.4) is 0 Å². The van der Waals surface area contributed by atoms with Crippen molar-refractivity contribution in [3.63, 3.8) is 0 Å². The van der Waals surface area contributed by atoms with Gasteiger partial charge in [0.2, 0.25) is 5.88 Å². The number of hydrogen-bond acceptors (Lipinski definition) is 5. The summed E-state index contributed by atoms with van der Waals surface area (Å²) in [7, 11) is 0. The number of piperidine rings is 1. The highest BCUT2D eigenvalue weighted by molar-refractivity contribution is 5.93. The van der Waals surface area contributed by atoms with Gasteiger partial charge < -0.3 is 9.64 Å². The second-order valence-electron chi connectivity index (χ2n) is 7.06. The molecule has 3 heterocycles. The van der Waals surface area contributed by atoms with Crippen LogP contribution in [0.2, 0.25) is 0 Å². The lowest BCUT2D eigenvalue weighted by Gasteiger charge is -2.32. The lowest BCUT2D eigenvalue weighted by atomic mass is 10.1. The van der Waals surface area contributed by atoms with Gasteiger partial charge >= 0.3 is 0 Å². The molecule has 0 saturated carbocycles. The maximum absolute atomic E-state index is 12.9. The summed E-state index contributed by atoms with van der Waals surface area (Å²) >= 11 is 0.